The average Bonchev–Trinajstić information content (AvgIpc) is 2.75. The van der Waals surface area contributed by atoms with Crippen molar-refractivity contribution in [2.24, 2.45) is 10.9 Å². The van der Waals surface area contributed by atoms with Crippen LogP contribution in [0.25, 0.3) is 22.3 Å². The number of hydrogen-bond acceptors (Lipinski definition) is 6. The molecule has 0 radical (unpaired) electrons. The van der Waals surface area contributed by atoms with Crippen molar-refractivity contribution < 1.29 is 23.8 Å². The topological polar surface area (TPSA) is 84.1 Å². The first-order valence-corrected chi connectivity index (χ1v) is 9.91. The van der Waals surface area contributed by atoms with Crippen molar-refractivity contribution >= 4 is 16.9 Å². The maximum Gasteiger partial charge on any atom is 0.161 e. The van der Waals surface area contributed by atoms with Gasteiger partial charge in [-0.05, 0) is 48.2 Å². The lowest BCUT2D eigenvalue weighted by Gasteiger charge is -2.17. The number of fused-ring (bicyclic) bond motifs is 1. The van der Waals surface area contributed by atoms with Gasteiger partial charge in [0.1, 0.15) is 11.3 Å². The van der Waals surface area contributed by atoms with Crippen LogP contribution in [0.4, 0.5) is 0 Å². The zero-order valence-electron chi connectivity index (χ0n) is 17.9. The largest absolute Gasteiger partial charge is 0.548 e. The van der Waals surface area contributed by atoms with Gasteiger partial charge in [-0.15, -0.1) is 0 Å². The van der Waals surface area contributed by atoms with E-state index < -0.39 is 12.0 Å². The first-order chi connectivity index (χ1) is 14.4. The van der Waals surface area contributed by atoms with E-state index in [4.69, 9.17) is 13.9 Å². The number of carbonyl (C=O) groups is 1. The highest BCUT2D eigenvalue weighted by atomic mass is 16.5. The molecule has 0 amide bonds. The number of carbonyl (C=O) groups excluding carboxylic acids is 1. The highest BCUT2D eigenvalue weighted by Crippen LogP contribution is 2.33. The average molecular weight is 408 g/mol. The van der Waals surface area contributed by atoms with Gasteiger partial charge >= 0.3 is 0 Å². The maximum absolute atomic E-state index is 11.7. The fourth-order valence-electron chi connectivity index (χ4n) is 3.30. The van der Waals surface area contributed by atoms with Crippen LogP contribution in [0, 0.1) is 5.92 Å². The molecule has 1 aromatic heterocycles. The van der Waals surface area contributed by atoms with Crippen LogP contribution < -0.4 is 19.9 Å². The van der Waals surface area contributed by atoms with Crippen molar-refractivity contribution in [3.05, 3.63) is 53.4 Å². The summed E-state index contributed by atoms with van der Waals surface area (Å²) in [5.74, 6) is 0.322. The molecule has 1 atom stereocenters. The smallest absolute Gasteiger partial charge is 0.161 e. The molecular weight excluding hydrogens is 382 g/mol. The Balaban J connectivity index is 2.29. The van der Waals surface area contributed by atoms with Crippen LogP contribution in [-0.4, -0.2) is 26.2 Å². The number of rotatable bonds is 7. The third-order valence-electron chi connectivity index (χ3n) is 5.04. The highest BCUT2D eigenvalue weighted by molar-refractivity contribution is 5.80. The molecule has 6 heteroatoms. The maximum atomic E-state index is 11.7. The normalized spacial score (nSPS) is 12.9. The SMILES string of the molecule is CCc1ccc2oc(-c3ccc(OC)c(OC)c3)cc(=NC(C(=O)[O-])C(C)C)c2c1. The van der Waals surface area contributed by atoms with Gasteiger partial charge in [0, 0.05) is 17.0 Å². The molecule has 0 aliphatic heterocycles. The molecule has 0 saturated heterocycles. The monoisotopic (exact) mass is 408 g/mol. The molecule has 0 aliphatic carbocycles. The van der Waals surface area contributed by atoms with E-state index in [0.717, 1.165) is 22.9 Å². The number of methoxy groups -OCH3 is 2. The number of aryl methyl sites for hydroxylation is 1. The molecule has 0 saturated carbocycles. The second kappa shape index (κ2) is 9.03. The summed E-state index contributed by atoms with van der Waals surface area (Å²) in [6.07, 6.45) is 0.848. The predicted molar refractivity (Wildman–Crippen MR) is 113 cm³/mol. The lowest BCUT2D eigenvalue weighted by Crippen LogP contribution is -2.39. The zero-order valence-corrected chi connectivity index (χ0v) is 17.9. The molecule has 0 spiro atoms. The fraction of sp³-hybridized carbons (Fsp3) is 0.333. The number of aliphatic carboxylic acids is 1. The Hall–Kier alpha value is -3.28. The van der Waals surface area contributed by atoms with Gasteiger partial charge in [-0.2, -0.15) is 0 Å². The van der Waals surface area contributed by atoms with Gasteiger partial charge in [0.25, 0.3) is 0 Å². The van der Waals surface area contributed by atoms with Crippen molar-refractivity contribution in [3.63, 3.8) is 0 Å². The number of ether oxygens (including phenoxy) is 2. The van der Waals surface area contributed by atoms with Crippen molar-refractivity contribution in [1.82, 2.24) is 0 Å². The van der Waals surface area contributed by atoms with Crippen molar-refractivity contribution in [1.29, 1.82) is 0 Å². The molecule has 0 N–H and O–H groups in total. The Labute approximate surface area is 175 Å². The van der Waals surface area contributed by atoms with Crippen LogP contribution in [-0.2, 0) is 11.2 Å². The van der Waals surface area contributed by atoms with Gasteiger partial charge in [0.2, 0.25) is 0 Å². The van der Waals surface area contributed by atoms with E-state index in [2.05, 4.69) is 11.9 Å². The van der Waals surface area contributed by atoms with Crippen LogP contribution >= 0.6 is 0 Å². The molecule has 0 bridgehead atoms. The van der Waals surface area contributed by atoms with Crippen LogP contribution in [0.2, 0.25) is 0 Å². The van der Waals surface area contributed by atoms with E-state index in [1.54, 1.807) is 26.4 Å². The molecule has 6 nitrogen and oxygen atoms in total. The Bertz CT molecular complexity index is 1130. The number of carboxylic acid groups (broad SMARTS) is 1. The highest BCUT2D eigenvalue weighted by Gasteiger charge is 2.15. The summed E-state index contributed by atoms with van der Waals surface area (Å²) in [6, 6.07) is 12.1. The van der Waals surface area contributed by atoms with Gasteiger partial charge in [-0.1, -0.05) is 26.8 Å². The van der Waals surface area contributed by atoms with Crippen LogP contribution in [0.5, 0.6) is 11.5 Å². The molecule has 30 heavy (non-hydrogen) atoms. The second-order valence-corrected chi connectivity index (χ2v) is 7.39. The zero-order chi connectivity index (χ0) is 21.8. The summed E-state index contributed by atoms with van der Waals surface area (Å²) >= 11 is 0. The molecule has 1 heterocycles. The lowest BCUT2D eigenvalue weighted by molar-refractivity contribution is -0.308. The number of benzene rings is 2. The van der Waals surface area contributed by atoms with Gasteiger partial charge in [0.05, 0.1) is 31.6 Å². The third-order valence-corrected chi connectivity index (χ3v) is 5.04. The number of carboxylic acids is 1. The molecule has 158 valence electrons. The number of nitrogens with zero attached hydrogens (tertiary/aromatic N) is 1. The van der Waals surface area contributed by atoms with E-state index >= 15 is 0 Å². The summed E-state index contributed by atoms with van der Waals surface area (Å²) in [4.78, 5) is 16.2. The van der Waals surface area contributed by atoms with Crippen LogP contribution in [0.1, 0.15) is 26.3 Å². The van der Waals surface area contributed by atoms with Gasteiger partial charge in [-0.3, -0.25) is 4.99 Å². The van der Waals surface area contributed by atoms with Crippen molar-refractivity contribution in [2.75, 3.05) is 14.2 Å². The summed E-state index contributed by atoms with van der Waals surface area (Å²) in [6.45, 7) is 5.68. The summed E-state index contributed by atoms with van der Waals surface area (Å²) in [7, 11) is 3.14. The Kier molecular flexibility index (Phi) is 6.45. The van der Waals surface area contributed by atoms with Crippen LogP contribution in [0.15, 0.2) is 51.9 Å². The van der Waals surface area contributed by atoms with E-state index in [1.807, 2.05) is 44.2 Å². The minimum atomic E-state index is -1.20. The quantitative estimate of drug-likeness (QED) is 0.599. The van der Waals surface area contributed by atoms with Crippen molar-refractivity contribution in [2.45, 2.75) is 33.2 Å². The molecule has 2 aromatic carbocycles. The molecular formula is C24H26NO5-. The van der Waals surface area contributed by atoms with Gasteiger partial charge in [-0.25, -0.2) is 0 Å². The molecule has 0 fully saturated rings. The summed E-state index contributed by atoms with van der Waals surface area (Å²) < 4.78 is 16.8. The lowest BCUT2D eigenvalue weighted by atomic mass is 10.0. The van der Waals surface area contributed by atoms with Crippen LogP contribution in [0.3, 0.4) is 0 Å². The van der Waals surface area contributed by atoms with E-state index in [0.29, 0.717) is 28.2 Å². The summed E-state index contributed by atoms with van der Waals surface area (Å²) in [5.41, 5.74) is 2.50. The Morgan fingerprint density at radius 3 is 2.40 bits per heavy atom. The van der Waals surface area contributed by atoms with Gasteiger partial charge in [0.15, 0.2) is 11.5 Å². The number of hydrogen-bond donors (Lipinski definition) is 0. The first kappa shape index (κ1) is 21.4. The van der Waals surface area contributed by atoms with E-state index in [-0.39, 0.29) is 5.92 Å². The second-order valence-electron chi connectivity index (χ2n) is 7.39. The minimum Gasteiger partial charge on any atom is -0.548 e. The molecule has 0 aliphatic rings. The van der Waals surface area contributed by atoms with E-state index in [9.17, 15) is 9.90 Å². The Morgan fingerprint density at radius 1 is 1.07 bits per heavy atom. The predicted octanol–water partition coefficient (Wildman–Crippen LogP) is 3.35. The first-order valence-electron chi connectivity index (χ1n) is 9.91. The molecule has 3 aromatic rings. The summed E-state index contributed by atoms with van der Waals surface area (Å²) in [5, 5.41) is 13.0. The minimum absolute atomic E-state index is 0.207. The van der Waals surface area contributed by atoms with Crippen molar-refractivity contribution in [3.8, 4) is 22.8 Å². The van der Waals surface area contributed by atoms with Gasteiger partial charge < -0.3 is 23.8 Å². The molecule has 1 unspecified atom stereocenters. The third kappa shape index (κ3) is 4.32. The Morgan fingerprint density at radius 2 is 1.80 bits per heavy atom. The standard InChI is InChI=1S/C24H27NO5/c1-6-15-7-9-19-17(11-15)18(25-23(14(2)3)24(26)27)13-21(30-19)16-8-10-20(28-4)22(12-16)29-5/h7-14,23H,6H2,1-5H3,(H,26,27)/p-1. The molecule has 3 rings (SSSR count). The van der Waals surface area contributed by atoms with E-state index in [1.165, 1.54) is 0 Å². The fourth-order valence-corrected chi connectivity index (χ4v) is 3.30.